The van der Waals surface area contributed by atoms with E-state index in [1.165, 1.54) is 12.8 Å². The zero-order valence-electron chi connectivity index (χ0n) is 13.9. The van der Waals surface area contributed by atoms with Gasteiger partial charge in [-0.15, -0.1) is 0 Å². The summed E-state index contributed by atoms with van der Waals surface area (Å²) in [6, 6.07) is 14.8. The lowest BCUT2D eigenvalue weighted by atomic mass is 10.2. The van der Waals surface area contributed by atoms with Crippen molar-refractivity contribution in [2.75, 3.05) is 11.9 Å². The Hall–Kier alpha value is -2.69. The first-order valence-corrected chi connectivity index (χ1v) is 8.74. The highest BCUT2D eigenvalue weighted by Crippen LogP contribution is 2.31. The minimum Gasteiger partial charge on any atom is -0.490 e. The molecule has 1 aliphatic carbocycles. The van der Waals surface area contributed by atoms with Crippen LogP contribution in [-0.4, -0.2) is 24.7 Å². The van der Waals surface area contributed by atoms with Crippen molar-refractivity contribution in [2.45, 2.75) is 37.9 Å². The fourth-order valence-corrected chi connectivity index (χ4v) is 3.19. The van der Waals surface area contributed by atoms with Crippen molar-refractivity contribution in [3.8, 4) is 17.2 Å². The summed E-state index contributed by atoms with van der Waals surface area (Å²) >= 11 is 0. The predicted molar refractivity (Wildman–Crippen MR) is 94.3 cm³/mol. The van der Waals surface area contributed by atoms with Crippen LogP contribution in [0.1, 0.15) is 25.7 Å². The molecule has 5 nitrogen and oxygen atoms in total. The Morgan fingerprint density at radius 1 is 1.00 bits per heavy atom. The average Bonchev–Trinajstić information content (AvgIpc) is 3.16. The van der Waals surface area contributed by atoms with Gasteiger partial charge in [0.25, 0.3) is 5.91 Å². The van der Waals surface area contributed by atoms with Gasteiger partial charge in [-0.1, -0.05) is 12.1 Å². The second-order valence-electron chi connectivity index (χ2n) is 6.40. The summed E-state index contributed by atoms with van der Waals surface area (Å²) in [7, 11) is 0. The molecule has 1 unspecified atom stereocenters. The van der Waals surface area contributed by atoms with Crippen LogP contribution in [0.25, 0.3) is 0 Å². The van der Waals surface area contributed by atoms with E-state index in [9.17, 15) is 4.79 Å². The van der Waals surface area contributed by atoms with Gasteiger partial charge >= 0.3 is 0 Å². The van der Waals surface area contributed by atoms with Crippen LogP contribution < -0.4 is 19.5 Å². The van der Waals surface area contributed by atoms with Crippen LogP contribution in [0.15, 0.2) is 48.5 Å². The molecule has 1 heterocycles. The first kappa shape index (κ1) is 15.8. The van der Waals surface area contributed by atoms with Crippen LogP contribution in [0.2, 0.25) is 0 Å². The summed E-state index contributed by atoms with van der Waals surface area (Å²) in [6.07, 6.45) is 4.40. The first-order valence-electron chi connectivity index (χ1n) is 8.74. The maximum absolute atomic E-state index is 12.4. The van der Waals surface area contributed by atoms with Gasteiger partial charge in [0.15, 0.2) is 11.5 Å². The minimum absolute atomic E-state index is 0.200. The molecule has 0 spiro atoms. The van der Waals surface area contributed by atoms with E-state index >= 15 is 0 Å². The molecule has 25 heavy (non-hydrogen) atoms. The topological polar surface area (TPSA) is 56.8 Å². The molecule has 4 rings (SSSR count). The molecule has 130 valence electrons. The number of benzene rings is 2. The summed E-state index contributed by atoms with van der Waals surface area (Å²) in [5.74, 6) is 1.88. The van der Waals surface area contributed by atoms with Crippen LogP contribution in [0.4, 0.5) is 5.69 Å². The zero-order valence-corrected chi connectivity index (χ0v) is 13.9. The Bertz CT molecular complexity index is 738. The number of nitrogens with one attached hydrogen (secondary N) is 1. The summed E-state index contributed by atoms with van der Waals surface area (Å²) in [5, 5.41) is 2.86. The second kappa shape index (κ2) is 7.05. The smallest absolute Gasteiger partial charge is 0.269 e. The molecule has 0 aromatic heterocycles. The molecule has 0 radical (unpaired) electrons. The number of carbonyl (C=O) groups is 1. The van der Waals surface area contributed by atoms with Crippen LogP contribution in [0.5, 0.6) is 17.2 Å². The Labute approximate surface area is 146 Å². The van der Waals surface area contributed by atoms with Gasteiger partial charge in [0.2, 0.25) is 6.10 Å². The van der Waals surface area contributed by atoms with E-state index in [0.717, 1.165) is 18.6 Å². The third kappa shape index (κ3) is 3.71. The van der Waals surface area contributed by atoms with Crippen molar-refractivity contribution in [3.63, 3.8) is 0 Å². The lowest BCUT2D eigenvalue weighted by Gasteiger charge is -2.25. The molecule has 1 atom stereocenters. The molecule has 2 aliphatic rings. The number of para-hydroxylation sites is 2. The Morgan fingerprint density at radius 3 is 2.48 bits per heavy atom. The summed E-state index contributed by atoms with van der Waals surface area (Å²) in [4.78, 5) is 12.4. The molecule has 2 aromatic rings. The molecule has 1 aliphatic heterocycles. The molecule has 1 amide bonds. The predicted octanol–water partition coefficient (Wildman–Crippen LogP) is 3.79. The van der Waals surface area contributed by atoms with Crippen LogP contribution in [0, 0.1) is 0 Å². The highest BCUT2D eigenvalue weighted by Gasteiger charge is 2.27. The number of anilines is 1. The second-order valence-corrected chi connectivity index (χ2v) is 6.40. The van der Waals surface area contributed by atoms with E-state index in [1.54, 1.807) is 6.07 Å². The van der Waals surface area contributed by atoms with E-state index in [4.69, 9.17) is 14.2 Å². The van der Waals surface area contributed by atoms with Gasteiger partial charge in [-0.25, -0.2) is 0 Å². The number of ether oxygens (including phenoxy) is 3. The lowest BCUT2D eigenvalue weighted by Crippen LogP contribution is -2.40. The van der Waals surface area contributed by atoms with Gasteiger partial charge in [0.05, 0.1) is 6.10 Å². The van der Waals surface area contributed by atoms with Crippen LogP contribution in [0.3, 0.4) is 0 Å². The number of hydrogen-bond donors (Lipinski definition) is 1. The molecular formula is C20H21NO4. The van der Waals surface area contributed by atoms with Gasteiger partial charge < -0.3 is 19.5 Å². The SMILES string of the molecule is O=C(Nc1ccc(OC2CCCC2)cc1)C1COc2ccccc2O1. The largest absolute Gasteiger partial charge is 0.490 e. The highest BCUT2D eigenvalue weighted by molar-refractivity contribution is 5.94. The Morgan fingerprint density at radius 2 is 1.72 bits per heavy atom. The summed E-state index contributed by atoms with van der Waals surface area (Å²) in [6.45, 7) is 0.200. The van der Waals surface area contributed by atoms with Crippen molar-refractivity contribution in [2.24, 2.45) is 0 Å². The van der Waals surface area contributed by atoms with Crippen molar-refractivity contribution in [1.29, 1.82) is 0 Å². The number of amides is 1. The molecule has 2 aromatic carbocycles. The molecule has 1 fully saturated rings. The number of rotatable bonds is 4. The van der Waals surface area contributed by atoms with E-state index in [-0.39, 0.29) is 12.5 Å². The van der Waals surface area contributed by atoms with Crippen LogP contribution in [-0.2, 0) is 4.79 Å². The van der Waals surface area contributed by atoms with Gasteiger partial charge in [-0.3, -0.25) is 4.79 Å². The molecular weight excluding hydrogens is 318 g/mol. The van der Waals surface area contributed by atoms with Crippen molar-refractivity contribution >= 4 is 11.6 Å². The maximum Gasteiger partial charge on any atom is 0.269 e. The normalized spacial score (nSPS) is 19.4. The monoisotopic (exact) mass is 339 g/mol. The van der Waals surface area contributed by atoms with Gasteiger partial charge in [0.1, 0.15) is 12.4 Å². The highest BCUT2D eigenvalue weighted by atomic mass is 16.6. The third-order valence-corrected chi connectivity index (χ3v) is 4.53. The van der Waals surface area contributed by atoms with Gasteiger partial charge in [-0.05, 0) is 62.1 Å². The first-order chi connectivity index (χ1) is 12.3. The van der Waals surface area contributed by atoms with Gasteiger partial charge in [0, 0.05) is 5.69 Å². The van der Waals surface area contributed by atoms with Crippen molar-refractivity contribution in [3.05, 3.63) is 48.5 Å². The van der Waals surface area contributed by atoms with Gasteiger partial charge in [-0.2, -0.15) is 0 Å². The van der Waals surface area contributed by atoms with E-state index in [1.807, 2.05) is 42.5 Å². The number of fused-ring (bicyclic) bond motifs is 1. The fourth-order valence-electron chi connectivity index (χ4n) is 3.19. The zero-order chi connectivity index (χ0) is 17.1. The standard InChI is InChI=1S/C20H21NO4/c22-20(19-13-23-17-7-3-4-8-18(17)25-19)21-14-9-11-16(12-10-14)24-15-5-1-2-6-15/h3-4,7-12,15,19H,1-2,5-6,13H2,(H,21,22). The van der Waals surface area contributed by atoms with Crippen molar-refractivity contribution < 1.29 is 19.0 Å². The van der Waals surface area contributed by atoms with Crippen LogP contribution >= 0.6 is 0 Å². The Kier molecular flexibility index (Phi) is 4.46. The molecule has 0 bridgehead atoms. The third-order valence-electron chi connectivity index (χ3n) is 4.53. The van der Waals surface area contributed by atoms with E-state index < -0.39 is 6.10 Å². The average molecular weight is 339 g/mol. The fraction of sp³-hybridized carbons (Fsp3) is 0.350. The number of hydrogen-bond acceptors (Lipinski definition) is 4. The lowest BCUT2D eigenvalue weighted by molar-refractivity contribution is -0.125. The minimum atomic E-state index is -0.663. The molecule has 1 N–H and O–H groups in total. The van der Waals surface area contributed by atoms with E-state index in [0.29, 0.717) is 23.3 Å². The summed E-state index contributed by atoms with van der Waals surface area (Å²) in [5.41, 5.74) is 0.714. The van der Waals surface area contributed by atoms with E-state index in [2.05, 4.69) is 5.32 Å². The number of carbonyl (C=O) groups excluding carboxylic acids is 1. The quantitative estimate of drug-likeness (QED) is 0.921. The molecule has 0 saturated heterocycles. The molecule has 5 heteroatoms. The molecule has 1 saturated carbocycles. The summed E-state index contributed by atoms with van der Waals surface area (Å²) < 4.78 is 17.2. The van der Waals surface area contributed by atoms with Crippen molar-refractivity contribution in [1.82, 2.24) is 0 Å². The Balaban J connectivity index is 1.34. The maximum atomic E-state index is 12.4.